The molecule has 6 heteroatoms. The van der Waals surface area contributed by atoms with E-state index in [0.717, 1.165) is 11.3 Å². The Labute approximate surface area is 149 Å². The molecule has 3 aromatic rings. The molecular formula is C19H15ClN2O3. The van der Waals surface area contributed by atoms with Crippen molar-refractivity contribution in [3.63, 3.8) is 0 Å². The highest BCUT2D eigenvalue weighted by Gasteiger charge is 2.14. The van der Waals surface area contributed by atoms with E-state index in [4.69, 9.17) is 16.0 Å². The molecule has 0 fully saturated rings. The third-order valence-corrected chi connectivity index (χ3v) is 4.21. The van der Waals surface area contributed by atoms with Crippen LogP contribution in [0.5, 0.6) is 0 Å². The van der Waals surface area contributed by atoms with E-state index in [1.807, 2.05) is 32.0 Å². The maximum atomic E-state index is 10.9. The number of aliphatic imine (C=N–C) groups is 1. The lowest BCUT2D eigenvalue weighted by Crippen LogP contribution is -1.88. The van der Waals surface area contributed by atoms with Gasteiger partial charge in [-0.3, -0.25) is 15.1 Å². The van der Waals surface area contributed by atoms with E-state index in [1.165, 1.54) is 23.8 Å². The van der Waals surface area contributed by atoms with Crippen LogP contribution in [-0.2, 0) is 0 Å². The zero-order valence-corrected chi connectivity index (χ0v) is 14.4. The minimum atomic E-state index is -0.467. The molecule has 0 spiro atoms. The number of nitro groups is 1. The molecule has 0 saturated heterocycles. The Morgan fingerprint density at radius 2 is 1.88 bits per heavy atom. The molecule has 0 aliphatic rings. The highest BCUT2D eigenvalue weighted by atomic mass is 35.5. The van der Waals surface area contributed by atoms with Crippen LogP contribution in [-0.4, -0.2) is 11.1 Å². The van der Waals surface area contributed by atoms with Gasteiger partial charge in [0.25, 0.3) is 5.69 Å². The fourth-order valence-corrected chi connectivity index (χ4v) is 2.54. The van der Waals surface area contributed by atoms with E-state index >= 15 is 0 Å². The van der Waals surface area contributed by atoms with Crippen LogP contribution in [0.25, 0.3) is 11.3 Å². The van der Waals surface area contributed by atoms with Gasteiger partial charge >= 0.3 is 0 Å². The molecule has 0 unspecified atom stereocenters. The summed E-state index contributed by atoms with van der Waals surface area (Å²) in [6, 6.07) is 13.6. The molecule has 126 valence electrons. The molecule has 25 heavy (non-hydrogen) atoms. The van der Waals surface area contributed by atoms with Crippen molar-refractivity contribution in [2.24, 2.45) is 4.99 Å². The van der Waals surface area contributed by atoms with Gasteiger partial charge in [-0.2, -0.15) is 0 Å². The first-order valence-corrected chi connectivity index (χ1v) is 7.97. The van der Waals surface area contributed by atoms with Gasteiger partial charge in [-0.1, -0.05) is 17.7 Å². The zero-order chi connectivity index (χ0) is 18.0. The van der Waals surface area contributed by atoms with Crippen LogP contribution in [0.3, 0.4) is 0 Å². The quantitative estimate of drug-likeness (QED) is 0.334. The second-order valence-electron chi connectivity index (χ2n) is 5.65. The van der Waals surface area contributed by atoms with Gasteiger partial charge in [-0.25, -0.2) is 0 Å². The Balaban J connectivity index is 1.87. The number of nitro benzene ring substituents is 1. The van der Waals surface area contributed by atoms with E-state index < -0.39 is 4.92 Å². The van der Waals surface area contributed by atoms with Crippen molar-refractivity contribution >= 4 is 29.2 Å². The topological polar surface area (TPSA) is 68.6 Å². The predicted molar refractivity (Wildman–Crippen MR) is 99.0 cm³/mol. The van der Waals surface area contributed by atoms with Crippen molar-refractivity contribution in [2.45, 2.75) is 13.8 Å². The molecule has 0 bridgehead atoms. The van der Waals surface area contributed by atoms with E-state index in [9.17, 15) is 10.1 Å². The number of halogens is 1. The number of nitrogens with zero attached hydrogens (tertiary/aromatic N) is 2. The minimum Gasteiger partial charge on any atom is -0.455 e. The first-order chi connectivity index (χ1) is 11.9. The summed E-state index contributed by atoms with van der Waals surface area (Å²) in [5.41, 5.74) is 3.63. The molecule has 0 saturated carbocycles. The number of furan rings is 1. The van der Waals surface area contributed by atoms with Gasteiger partial charge in [0.05, 0.1) is 21.8 Å². The van der Waals surface area contributed by atoms with Crippen molar-refractivity contribution in [1.29, 1.82) is 0 Å². The number of rotatable bonds is 4. The van der Waals surface area contributed by atoms with E-state index in [-0.39, 0.29) is 5.69 Å². The lowest BCUT2D eigenvalue weighted by Gasteiger charge is -2.01. The Morgan fingerprint density at radius 1 is 1.08 bits per heavy atom. The summed E-state index contributed by atoms with van der Waals surface area (Å²) in [7, 11) is 0. The van der Waals surface area contributed by atoms with Gasteiger partial charge < -0.3 is 4.42 Å². The Kier molecular flexibility index (Phi) is 4.67. The van der Waals surface area contributed by atoms with Crippen molar-refractivity contribution in [1.82, 2.24) is 0 Å². The molecule has 0 aliphatic carbocycles. The molecule has 0 atom stereocenters. The standard InChI is InChI=1S/C19H15ClN2O3/c1-12-3-4-14(9-13(12)2)21-11-16-6-8-19(25-16)17-10-15(22(23)24)5-7-18(17)20/h3-11H,1-2H3. The third kappa shape index (κ3) is 3.78. The van der Waals surface area contributed by atoms with Crippen molar-refractivity contribution in [3.8, 4) is 11.3 Å². The highest BCUT2D eigenvalue weighted by Crippen LogP contribution is 2.32. The maximum absolute atomic E-state index is 10.9. The zero-order valence-electron chi connectivity index (χ0n) is 13.7. The highest BCUT2D eigenvalue weighted by molar-refractivity contribution is 6.33. The molecule has 5 nitrogen and oxygen atoms in total. The summed E-state index contributed by atoms with van der Waals surface area (Å²) in [6.07, 6.45) is 1.61. The Hall–Kier alpha value is -2.92. The molecule has 0 N–H and O–H groups in total. The first-order valence-electron chi connectivity index (χ1n) is 7.59. The first kappa shape index (κ1) is 16.9. The fourth-order valence-electron chi connectivity index (χ4n) is 2.33. The Morgan fingerprint density at radius 3 is 2.60 bits per heavy atom. The molecule has 3 rings (SSSR count). The largest absolute Gasteiger partial charge is 0.455 e. The monoisotopic (exact) mass is 354 g/mol. The van der Waals surface area contributed by atoms with Gasteiger partial charge in [0.2, 0.25) is 0 Å². The summed E-state index contributed by atoms with van der Waals surface area (Å²) in [4.78, 5) is 14.8. The smallest absolute Gasteiger partial charge is 0.270 e. The molecule has 0 radical (unpaired) electrons. The number of hydrogen-bond donors (Lipinski definition) is 0. The van der Waals surface area contributed by atoms with Crippen LogP contribution in [0.15, 0.2) is 57.9 Å². The van der Waals surface area contributed by atoms with E-state index in [0.29, 0.717) is 22.1 Å². The summed E-state index contributed by atoms with van der Waals surface area (Å²) in [5, 5.41) is 11.3. The summed E-state index contributed by atoms with van der Waals surface area (Å²) >= 11 is 6.13. The molecule has 2 aromatic carbocycles. The number of aryl methyl sites for hydroxylation is 2. The van der Waals surface area contributed by atoms with Gasteiger partial charge in [0, 0.05) is 17.7 Å². The third-order valence-electron chi connectivity index (χ3n) is 3.88. The Bertz CT molecular complexity index is 977. The normalized spacial score (nSPS) is 11.2. The van der Waals surface area contributed by atoms with Crippen LogP contribution in [0, 0.1) is 24.0 Å². The van der Waals surface area contributed by atoms with Gasteiger partial charge in [-0.05, 0) is 55.3 Å². The summed E-state index contributed by atoms with van der Waals surface area (Å²) in [5.74, 6) is 0.992. The number of hydrogen-bond acceptors (Lipinski definition) is 4. The van der Waals surface area contributed by atoms with Crippen molar-refractivity contribution in [2.75, 3.05) is 0 Å². The molecule has 0 aliphatic heterocycles. The number of non-ortho nitro benzene ring substituents is 1. The van der Waals surface area contributed by atoms with Crippen LogP contribution in [0.1, 0.15) is 16.9 Å². The lowest BCUT2D eigenvalue weighted by atomic mass is 10.1. The molecule has 0 amide bonds. The maximum Gasteiger partial charge on any atom is 0.270 e. The SMILES string of the molecule is Cc1ccc(N=Cc2ccc(-c3cc([N+](=O)[O-])ccc3Cl)o2)cc1C. The second-order valence-corrected chi connectivity index (χ2v) is 6.06. The second kappa shape index (κ2) is 6.91. The van der Waals surface area contributed by atoms with Crippen LogP contribution < -0.4 is 0 Å². The fraction of sp³-hybridized carbons (Fsp3) is 0.105. The predicted octanol–water partition coefficient (Wildman–Crippen LogP) is 5.88. The average molecular weight is 355 g/mol. The molecule has 1 aromatic heterocycles. The van der Waals surface area contributed by atoms with Crippen molar-refractivity contribution in [3.05, 3.63) is 80.6 Å². The average Bonchev–Trinajstić information content (AvgIpc) is 3.05. The van der Waals surface area contributed by atoms with Gasteiger partial charge in [-0.15, -0.1) is 0 Å². The lowest BCUT2D eigenvalue weighted by molar-refractivity contribution is -0.384. The van der Waals surface area contributed by atoms with Gasteiger partial charge in [0.1, 0.15) is 11.5 Å². The van der Waals surface area contributed by atoms with E-state index in [2.05, 4.69) is 4.99 Å². The van der Waals surface area contributed by atoms with E-state index in [1.54, 1.807) is 18.3 Å². The molecule has 1 heterocycles. The van der Waals surface area contributed by atoms with Crippen LogP contribution in [0.4, 0.5) is 11.4 Å². The number of benzene rings is 2. The minimum absolute atomic E-state index is 0.0406. The van der Waals surface area contributed by atoms with Crippen molar-refractivity contribution < 1.29 is 9.34 Å². The summed E-state index contributed by atoms with van der Waals surface area (Å²) < 4.78 is 5.70. The van der Waals surface area contributed by atoms with Crippen LogP contribution >= 0.6 is 11.6 Å². The van der Waals surface area contributed by atoms with Gasteiger partial charge in [0.15, 0.2) is 0 Å². The summed E-state index contributed by atoms with van der Waals surface area (Å²) in [6.45, 7) is 4.08. The van der Waals surface area contributed by atoms with Crippen LogP contribution in [0.2, 0.25) is 5.02 Å². The molecular weight excluding hydrogens is 340 g/mol.